The monoisotopic (exact) mass is 292 g/mol. The summed E-state index contributed by atoms with van der Waals surface area (Å²) in [5, 5.41) is 10.8. The Balaban J connectivity index is 1.61. The molecule has 6 heteroatoms. The number of likely N-dealkylation sites (tertiary alicyclic amines) is 1. The molecule has 1 unspecified atom stereocenters. The molecule has 0 radical (unpaired) electrons. The molecule has 114 valence electrons. The van der Waals surface area contributed by atoms with E-state index in [1.807, 2.05) is 6.07 Å². The first-order valence-electron chi connectivity index (χ1n) is 7.41. The lowest BCUT2D eigenvalue weighted by molar-refractivity contribution is -0.384. The van der Waals surface area contributed by atoms with E-state index in [2.05, 4.69) is 4.90 Å². The lowest BCUT2D eigenvalue weighted by Gasteiger charge is -2.34. The zero-order chi connectivity index (χ0) is 14.7. The number of rotatable bonds is 4. The standard InChI is InChI=1S/C15H20N2O4/c18-17(19)14-5-1-3-12(9-14)10-16-6-2-4-13(11-16)15-20-7-8-21-15/h1,3,5,9,13,15H,2,4,6-8,10-11H2. The average Bonchev–Trinajstić information content (AvgIpc) is 3.02. The van der Waals surface area contributed by atoms with Crippen molar-refractivity contribution in [2.24, 2.45) is 5.92 Å². The summed E-state index contributed by atoms with van der Waals surface area (Å²) in [5.74, 6) is 0.403. The molecule has 0 aromatic heterocycles. The van der Waals surface area contributed by atoms with Crippen molar-refractivity contribution < 1.29 is 14.4 Å². The van der Waals surface area contributed by atoms with Crippen LogP contribution in [0.2, 0.25) is 0 Å². The Kier molecular flexibility index (Phi) is 4.48. The maximum absolute atomic E-state index is 10.8. The van der Waals surface area contributed by atoms with Gasteiger partial charge in [-0.3, -0.25) is 15.0 Å². The summed E-state index contributed by atoms with van der Waals surface area (Å²) >= 11 is 0. The molecule has 2 aliphatic heterocycles. The van der Waals surface area contributed by atoms with Gasteiger partial charge in [0.2, 0.25) is 0 Å². The van der Waals surface area contributed by atoms with Crippen molar-refractivity contribution in [2.75, 3.05) is 26.3 Å². The number of nitro benzene ring substituents is 1. The lowest BCUT2D eigenvalue weighted by Crippen LogP contribution is -2.40. The molecule has 1 aromatic rings. The molecule has 0 saturated carbocycles. The molecule has 1 atom stereocenters. The third-order valence-corrected chi connectivity index (χ3v) is 4.10. The first-order chi connectivity index (χ1) is 10.2. The molecule has 0 aliphatic carbocycles. The Morgan fingerprint density at radius 2 is 2.14 bits per heavy atom. The third kappa shape index (κ3) is 3.58. The van der Waals surface area contributed by atoms with Gasteiger partial charge in [0.25, 0.3) is 5.69 Å². The number of hydrogen-bond acceptors (Lipinski definition) is 5. The maximum atomic E-state index is 10.8. The highest BCUT2D eigenvalue weighted by molar-refractivity contribution is 5.34. The molecule has 0 N–H and O–H groups in total. The van der Waals surface area contributed by atoms with Crippen LogP contribution in [0.15, 0.2) is 24.3 Å². The van der Waals surface area contributed by atoms with E-state index in [0.29, 0.717) is 19.1 Å². The fourth-order valence-corrected chi connectivity index (χ4v) is 3.13. The summed E-state index contributed by atoms with van der Waals surface area (Å²) < 4.78 is 11.2. The number of benzene rings is 1. The summed E-state index contributed by atoms with van der Waals surface area (Å²) in [5.41, 5.74) is 1.14. The van der Waals surface area contributed by atoms with E-state index in [1.54, 1.807) is 12.1 Å². The van der Waals surface area contributed by atoms with Gasteiger partial charge in [0, 0.05) is 31.1 Å². The molecule has 0 bridgehead atoms. The molecule has 3 rings (SSSR count). The van der Waals surface area contributed by atoms with Crippen molar-refractivity contribution in [1.29, 1.82) is 0 Å². The van der Waals surface area contributed by atoms with E-state index in [9.17, 15) is 10.1 Å². The second-order valence-corrected chi connectivity index (χ2v) is 5.67. The van der Waals surface area contributed by atoms with Crippen molar-refractivity contribution in [3.63, 3.8) is 0 Å². The SMILES string of the molecule is O=[N+]([O-])c1cccc(CN2CCCC(C3OCCO3)C2)c1. The fraction of sp³-hybridized carbons (Fsp3) is 0.600. The second-order valence-electron chi connectivity index (χ2n) is 5.67. The van der Waals surface area contributed by atoms with E-state index in [0.717, 1.165) is 38.0 Å². The van der Waals surface area contributed by atoms with Crippen LogP contribution in [0, 0.1) is 16.0 Å². The molecular weight excluding hydrogens is 272 g/mol. The van der Waals surface area contributed by atoms with Crippen molar-refractivity contribution >= 4 is 5.69 Å². The Labute approximate surface area is 123 Å². The van der Waals surface area contributed by atoms with Crippen LogP contribution >= 0.6 is 0 Å². The highest BCUT2D eigenvalue weighted by Crippen LogP contribution is 2.26. The van der Waals surface area contributed by atoms with Gasteiger partial charge in [-0.1, -0.05) is 12.1 Å². The van der Waals surface area contributed by atoms with Gasteiger partial charge in [0.15, 0.2) is 6.29 Å². The van der Waals surface area contributed by atoms with Crippen LogP contribution in [-0.4, -0.2) is 42.4 Å². The van der Waals surface area contributed by atoms with Crippen LogP contribution < -0.4 is 0 Å². The summed E-state index contributed by atoms with van der Waals surface area (Å²) in [4.78, 5) is 12.8. The van der Waals surface area contributed by atoms with E-state index in [4.69, 9.17) is 9.47 Å². The normalized spacial score (nSPS) is 24.3. The molecule has 2 heterocycles. The number of piperidine rings is 1. The minimum atomic E-state index is -0.345. The van der Waals surface area contributed by atoms with E-state index < -0.39 is 0 Å². The Morgan fingerprint density at radius 3 is 2.90 bits per heavy atom. The highest BCUT2D eigenvalue weighted by Gasteiger charge is 2.31. The molecule has 0 amide bonds. The molecule has 2 saturated heterocycles. The highest BCUT2D eigenvalue weighted by atomic mass is 16.7. The molecule has 21 heavy (non-hydrogen) atoms. The molecule has 2 aliphatic rings. The molecule has 1 aromatic carbocycles. The third-order valence-electron chi connectivity index (χ3n) is 4.10. The van der Waals surface area contributed by atoms with Crippen LogP contribution in [0.3, 0.4) is 0 Å². The van der Waals surface area contributed by atoms with E-state index >= 15 is 0 Å². The largest absolute Gasteiger partial charge is 0.350 e. The fourth-order valence-electron chi connectivity index (χ4n) is 3.13. The van der Waals surface area contributed by atoms with Crippen LogP contribution in [-0.2, 0) is 16.0 Å². The maximum Gasteiger partial charge on any atom is 0.269 e. The van der Waals surface area contributed by atoms with Crippen LogP contribution in [0.1, 0.15) is 18.4 Å². The number of non-ortho nitro benzene ring substituents is 1. The van der Waals surface area contributed by atoms with Crippen LogP contribution in [0.25, 0.3) is 0 Å². The topological polar surface area (TPSA) is 64.8 Å². The van der Waals surface area contributed by atoms with Gasteiger partial charge in [-0.25, -0.2) is 0 Å². The molecule has 2 fully saturated rings. The quantitative estimate of drug-likeness (QED) is 0.628. The predicted octanol–water partition coefficient (Wildman–Crippen LogP) is 2.18. The Hall–Kier alpha value is -1.50. The van der Waals surface area contributed by atoms with Gasteiger partial charge >= 0.3 is 0 Å². The zero-order valence-electron chi connectivity index (χ0n) is 11.9. The Morgan fingerprint density at radius 1 is 1.33 bits per heavy atom. The predicted molar refractivity (Wildman–Crippen MR) is 76.8 cm³/mol. The van der Waals surface area contributed by atoms with E-state index in [-0.39, 0.29) is 16.9 Å². The summed E-state index contributed by atoms with van der Waals surface area (Å²) in [6, 6.07) is 6.88. The Bertz CT molecular complexity index is 502. The van der Waals surface area contributed by atoms with Crippen molar-refractivity contribution in [1.82, 2.24) is 4.90 Å². The number of nitro groups is 1. The molecule has 0 spiro atoms. The lowest BCUT2D eigenvalue weighted by atomic mass is 9.97. The van der Waals surface area contributed by atoms with Gasteiger partial charge < -0.3 is 9.47 Å². The van der Waals surface area contributed by atoms with Gasteiger partial charge in [-0.05, 0) is 24.9 Å². The van der Waals surface area contributed by atoms with Gasteiger partial charge in [0.05, 0.1) is 18.1 Å². The smallest absolute Gasteiger partial charge is 0.269 e. The summed E-state index contributed by atoms with van der Waals surface area (Å²) in [6.45, 7) is 4.06. The van der Waals surface area contributed by atoms with Gasteiger partial charge in [-0.15, -0.1) is 0 Å². The zero-order valence-corrected chi connectivity index (χ0v) is 11.9. The van der Waals surface area contributed by atoms with Crippen LogP contribution in [0.5, 0.6) is 0 Å². The number of hydrogen-bond donors (Lipinski definition) is 0. The van der Waals surface area contributed by atoms with E-state index in [1.165, 1.54) is 6.07 Å². The first-order valence-corrected chi connectivity index (χ1v) is 7.41. The molecular formula is C15H20N2O4. The van der Waals surface area contributed by atoms with Crippen molar-refractivity contribution in [2.45, 2.75) is 25.7 Å². The summed E-state index contributed by atoms with van der Waals surface area (Å²) in [6.07, 6.45) is 2.16. The summed E-state index contributed by atoms with van der Waals surface area (Å²) in [7, 11) is 0. The minimum Gasteiger partial charge on any atom is -0.350 e. The van der Waals surface area contributed by atoms with Crippen LogP contribution in [0.4, 0.5) is 5.69 Å². The second kappa shape index (κ2) is 6.51. The van der Waals surface area contributed by atoms with Gasteiger partial charge in [-0.2, -0.15) is 0 Å². The average molecular weight is 292 g/mol. The minimum absolute atomic E-state index is 0.0714. The van der Waals surface area contributed by atoms with Crippen molar-refractivity contribution in [3.8, 4) is 0 Å². The molecule has 6 nitrogen and oxygen atoms in total. The number of nitrogens with zero attached hydrogens (tertiary/aromatic N) is 2. The van der Waals surface area contributed by atoms with Gasteiger partial charge in [0.1, 0.15) is 0 Å². The first kappa shape index (κ1) is 14.4. The van der Waals surface area contributed by atoms with Crippen molar-refractivity contribution in [3.05, 3.63) is 39.9 Å². The number of ether oxygens (including phenoxy) is 2.